The van der Waals surface area contributed by atoms with Crippen LogP contribution in [0.3, 0.4) is 0 Å². The molecule has 2 saturated heterocycles. The fourth-order valence-electron chi connectivity index (χ4n) is 3.56. The van der Waals surface area contributed by atoms with Crippen molar-refractivity contribution in [1.82, 2.24) is 20.1 Å². The summed E-state index contributed by atoms with van der Waals surface area (Å²) in [6.07, 6.45) is 7.35. The van der Waals surface area contributed by atoms with Gasteiger partial charge in [0, 0.05) is 44.7 Å². The van der Waals surface area contributed by atoms with Gasteiger partial charge in [-0.3, -0.25) is 0 Å². The lowest BCUT2D eigenvalue weighted by atomic mass is 9.98. The van der Waals surface area contributed by atoms with Gasteiger partial charge in [0.1, 0.15) is 5.82 Å². The molecule has 0 aromatic carbocycles. The molecule has 1 unspecified atom stereocenters. The van der Waals surface area contributed by atoms with Crippen molar-refractivity contribution < 1.29 is 4.52 Å². The molecule has 128 valence electrons. The summed E-state index contributed by atoms with van der Waals surface area (Å²) >= 11 is 0. The first-order valence-corrected chi connectivity index (χ1v) is 8.99. The number of anilines is 2. The molecule has 2 fully saturated rings. The molecule has 7 heteroatoms. The summed E-state index contributed by atoms with van der Waals surface area (Å²) in [5, 5.41) is 4.16. The second kappa shape index (κ2) is 6.75. The van der Waals surface area contributed by atoms with Crippen LogP contribution in [-0.4, -0.2) is 46.3 Å². The zero-order valence-electron chi connectivity index (χ0n) is 14.2. The van der Waals surface area contributed by atoms with Gasteiger partial charge in [0.2, 0.25) is 11.8 Å². The Labute approximate surface area is 142 Å². The van der Waals surface area contributed by atoms with Crippen molar-refractivity contribution in [2.45, 2.75) is 44.9 Å². The number of nitrogens with zero attached hydrogens (tertiary/aromatic N) is 6. The summed E-state index contributed by atoms with van der Waals surface area (Å²) in [4.78, 5) is 18.4. The molecular weight excluding hydrogens is 304 g/mol. The highest BCUT2D eigenvalue weighted by Crippen LogP contribution is 2.28. The molecule has 2 aliphatic heterocycles. The zero-order chi connectivity index (χ0) is 16.4. The fraction of sp³-hybridized carbons (Fsp3) is 0.647. The van der Waals surface area contributed by atoms with E-state index in [2.05, 4.69) is 24.9 Å². The Morgan fingerprint density at radius 1 is 1.12 bits per heavy atom. The molecule has 0 spiro atoms. The maximum absolute atomic E-state index is 5.28. The van der Waals surface area contributed by atoms with Crippen molar-refractivity contribution in [3.63, 3.8) is 0 Å². The van der Waals surface area contributed by atoms with E-state index < -0.39 is 0 Å². The maximum Gasteiger partial charge on any atom is 0.227 e. The Kier molecular flexibility index (Phi) is 4.32. The Hall–Kier alpha value is -2.18. The third-order valence-electron chi connectivity index (χ3n) is 4.91. The van der Waals surface area contributed by atoms with Crippen molar-refractivity contribution in [2.24, 2.45) is 0 Å². The van der Waals surface area contributed by atoms with Crippen LogP contribution in [0, 0.1) is 0 Å². The lowest BCUT2D eigenvalue weighted by Crippen LogP contribution is -2.36. The molecule has 2 aromatic rings. The maximum atomic E-state index is 5.28. The molecule has 0 N–H and O–H groups in total. The summed E-state index contributed by atoms with van der Waals surface area (Å²) in [6, 6.07) is 2.02. The van der Waals surface area contributed by atoms with Crippen molar-refractivity contribution in [3.05, 3.63) is 24.0 Å². The Bertz CT molecular complexity index is 681. The summed E-state index contributed by atoms with van der Waals surface area (Å²) in [5.74, 6) is 3.71. The van der Waals surface area contributed by atoms with Gasteiger partial charge in [-0.2, -0.15) is 9.97 Å². The van der Waals surface area contributed by atoms with E-state index >= 15 is 0 Å². The predicted molar refractivity (Wildman–Crippen MR) is 91.3 cm³/mol. The highest BCUT2D eigenvalue weighted by Gasteiger charge is 2.27. The first kappa shape index (κ1) is 15.4. The van der Waals surface area contributed by atoms with Crippen molar-refractivity contribution in [2.75, 3.05) is 36.0 Å². The van der Waals surface area contributed by atoms with E-state index in [1.54, 1.807) is 0 Å². The monoisotopic (exact) mass is 328 g/mol. The minimum absolute atomic E-state index is 0.293. The van der Waals surface area contributed by atoms with Gasteiger partial charge in [-0.25, -0.2) is 4.98 Å². The SMILES string of the molecule is CCc1nc(C2CCCN(c3nccc(N4CCCC4)n3)C2)no1. The van der Waals surface area contributed by atoms with E-state index in [-0.39, 0.29) is 0 Å². The Morgan fingerprint density at radius 2 is 1.96 bits per heavy atom. The number of rotatable bonds is 4. The van der Waals surface area contributed by atoms with Crippen LogP contribution in [0.1, 0.15) is 50.2 Å². The van der Waals surface area contributed by atoms with Gasteiger partial charge < -0.3 is 14.3 Å². The molecular formula is C17H24N6O. The van der Waals surface area contributed by atoms with Gasteiger partial charge in [-0.05, 0) is 31.7 Å². The number of piperidine rings is 1. The molecule has 7 nitrogen and oxygen atoms in total. The molecule has 2 aliphatic rings. The summed E-state index contributed by atoms with van der Waals surface area (Å²) in [5.41, 5.74) is 0. The number of aromatic nitrogens is 4. The lowest BCUT2D eigenvalue weighted by Gasteiger charge is -2.31. The molecule has 4 heterocycles. The van der Waals surface area contributed by atoms with Crippen molar-refractivity contribution in [3.8, 4) is 0 Å². The molecule has 0 amide bonds. The molecule has 24 heavy (non-hydrogen) atoms. The standard InChI is InChI=1S/C17H24N6O/c1-2-15-20-16(21-24-15)13-6-5-11-23(12-13)17-18-8-7-14(19-17)22-9-3-4-10-22/h7-8,13H,2-6,9-12H2,1H3. The zero-order valence-corrected chi connectivity index (χ0v) is 14.2. The molecule has 0 aliphatic carbocycles. The van der Waals surface area contributed by atoms with E-state index in [1.807, 2.05) is 19.2 Å². The van der Waals surface area contributed by atoms with Gasteiger partial charge in [0.05, 0.1) is 0 Å². The second-order valence-corrected chi connectivity index (χ2v) is 6.59. The predicted octanol–water partition coefficient (Wildman–Crippen LogP) is 2.41. The van der Waals surface area contributed by atoms with E-state index in [9.17, 15) is 0 Å². The summed E-state index contributed by atoms with van der Waals surface area (Å²) in [7, 11) is 0. The minimum atomic E-state index is 0.293. The average molecular weight is 328 g/mol. The number of hydrogen-bond acceptors (Lipinski definition) is 7. The first-order chi connectivity index (χ1) is 11.8. The van der Waals surface area contributed by atoms with Crippen LogP contribution in [0.4, 0.5) is 11.8 Å². The fourth-order valence-corrected chi connectivity index (χ4v) is 3.56. The largest absolute Gasteiger partial charge is 0.356 e. The van der Waals surface area contributed by atoms with E-state index in [0.717, 1.165) is 68.9 Å². The van der Waals surface area contributed by atoms with Gasteiger partial charge >= 0.3 is 0 Å². The second-order valence-electron chi connectivity index (χ2n) is 6.59. The highest BCUT2D eigenvalue weighted by atomic mass is 16.5. The highest BCUT2D eigenvalue weighted by molar-refractivity contribution is 5.44. The Morgan fingerprint density at radius 3 is 2.75 bits per heavy atom. The van der Waals surface area contributed by atoms with Crippen LogP contribution in [0.5, 0.6) is 0 Å². The molecule has 0 saturated carbocycles. The van der Waals surface area contributed by atoms with Crippen molar-refractivity contribution in [1.29, 1.82) is 0 Å². The van der Waals surface area contributed by atoms with Crippen LogP contribution >= 0.6 is 0 Å². The molecule has 0 radical (unpaired) electrons. The quantitative estimate of drug-likeness (QED) is 0.853. The molecule has 2 aromatic heterocycles. The number of hydrogen-bond donors (Lipinski definition) is 0. The third-order valence-corrected chi connectivity index (χ3v) is 4.91. The van der Waals surface area contributed by atoms with Crippen LogP contribution in [0.15, 0.2) is 16.8 Å². The van der Waals surface area contributed by atoms with Gasteiger partial charge in [-0.15, -0.1) is 0 Å². The summed E-state index contributed by atoms with van der Waals surface area (Å²) in [6.45, 7) is 6.07. The molecule has 0 bridgehead atoms. The van der Waals surface area contributed by atoms with E-state index in [1.165, 1.54) is 12.8 Å². The molecule has 1 atom stereocenters. The molecule has 4 rings (SSSR count). The van der Waals surface area contributed by atoms with Crippen molar-refractivity contribution >= 4 is 11.8 Å². The Balaban J connectivity index is 1.50. The van der Waals surface area contributed by atoms with E-state index in [4.69, 9.17) is 9.51 Å². The first-order valence-electron chi connectivity index (χ1n) is 8.99. The smallest absolute Gasteiger partial charge is 0.227 e. The van der Waals surface area contributed by atoms with Gasteiger partial charge in [0.25, 0.3) is 0 Å². The lowest BCUT2D eigenvalue weighted by molar-refractivity contribution is 0.367. The van der Waals surface area contributed by atoms with Gasteiger partial charge in [0.15, 0.2) is 5.82 Å². The van der Waals surface area contributed by atoms with Gasteiger partial charge in [-0.1, -0.05) is 12.1 Å². The third kappa shape index (κ3) is 3.07. The number of aryl methyl sites for hydroxylation is 1. The van der Waals surface area contributed by atoms with Crippen LogP contribution < -0.4 is 9.80 Å². The van der Waals surface area contributed by atoms with Crippen LogP contribution in [0.2, 0.25) is 0 Å². The van der Waals surface area contributed by atoms with Crippen LogP contribution in [0.25, 0.3) is 0 Å². The summed E-state index contributed by atoms with van der Waals surface area (Å²) < 4.78 is 5.28. The topological polar surface area (TPSA) is 71.2 Å². The normalized spacial score (nSPS) is 21.5. The minimum Gasteiger partial charge on any atom is -0.356 e. The van der Waals surface area contributed by atoms with E-state index in [0.29, 0.717) is 5.92 Å². The van der Waals surface area contributed by atoms with Crippen LogP contribution in [-0.2, 0) is 6.42 Å². The average Bonchev–Trinajstić information content (AvgIpc) is 3.34.